The van der Waals surface area contributed by atoms with Gasteiger partial charge in [-0.2, -0.15) is 0 Å². The summed E-state index contributed by atoms with van der Waals surface area (Å²) in [6.07, 6.45) is 1.99. The third kappa shape index (κ3) is 2.38. The fourth-order valence-corrected chi connectivity index (χ4v) is 1.62. The van der Waals surface area contributed by atoms with Crippen molar-refractivity contribution in [2.45, 2.75) is 32.3 Å². The molecule has 1 aliphatic rings. The zero-order valence-corrected chi connectivity index (χ0v) is 9.63. The van der Waals surface area contributed by atoms with Gasteiger partial charge in [-0.3, -0.25) is 0 Å². The first-order chi connectivity index (χ1) is 7.07. The molecule has 2 rings (SSSR count). The lowest BCUT2D eigenvalue weighted by atomic mass is 9.93. The highest BCUT2D eigenvalue weighted by Gasteiger charge is 2.22. The lowest BCUT2D eigenvalue weighted by molar-refractivity contribution is 0.0225. The van der Waals surface area contributed by atoms with E-state index < -0.39 is 0 Å². The van der Waals surface area contributed by atoms with E-state index >= 15 is 0 Å². The minimum Gasteiger partial charge on any atom is -0.368 e. The van der Waals surface area contributed by atoms with E-state index in [0.29, 0.717) is 0 Å². The van der Waals surface area contributed by atoms with Crippen LogP contribution >= 0.6 is 0 Å². The topological polar surface area (TPSA) is 49.9 Å². The average Bonchev–Trinajstić information content (AvgIpc) is 2.67. The van der Waals surface area contributed by atoms with Crippen molar-refractivity contribution in [2.24, 2.45) is 0 Å². The standard InChI is InChI=1S/C11H19N3O/c1-11(2,3)9-7-13-10(14-9)8-6-12-4-5-15-8/h7-8,12H,4-6H2,1-3H3,(H,13,14). The van der Waals surface area contributed by atoms with Crippen LogP contribution in [0.3, 0.4) is 0 Å². The van der Waals surface area contributed by atoms with Crippen LogP contribution in [0.4, 0.5) is 0 Å². The number of aromatic amines is 1. The molecule has 0 spiro atoms. The van der Waals surface area contributed by atoms with Crippen LogP contribution in [0.5, 0.6) is 0 Å². The molecule has 1 unspecified atom stereocenters. The van der Waals surface area contributed by atoms with Gasteiger partial charge in [-0.25, -0.2) is 4.98 Å². The number of imidazole rings is 1. The average molecular weight is 209 g/mol. The molecule has 0 aromatic carbocycles. The number of nitrogens with zero attached hydrogens (tertiary/aromatic N) is 1. The molecular formula is C11H19N3O. The Morgan fingerprint density at radius 3 is 2.80 bits per heavy atom. The number of hydrogen-bond donors (Lipinski definition) is 2. The van der Waals surface area contributed by atoms with Gasteiger partial charge in [0, 0.05) is 30.4 Å². The first-order valence-corrected chi connectivity index (χ1v) is 5.45. The summed E-state index contributed by atoms with van der Waals surface area (Å²) in [7, 11) is 0. The predicted octanol–water partition coefficient (Wildman–Crippen LogP) is 1.37. The number of aromatic nitrogens is 2. The van der Waals surface area contributed by atoms with Gasteiger partial charge in [0.2, 0.25) is 0 Å². The van der Waals surface area contributed by atoms with E-state index in [1.165, 1.54) is 0 Å². The van der Waals surface area contributed by atoms with Crippen molar-refractivity contribution in [1.82, 2.24) is 15.3 Å². The van der Waals surface area contributed by atoms with Crippen LogP contribution in [0.1, 0.15) is 38.4 Å². The normalized spacial score (nSPS) is 23.0. The van der Waals surface area contributed by atoms with E-state index in [2.05, 4.69) is 36.1 Å². The van der Waals surface area contributed by atoms with Gasteiger partial charge in [-0.05, 0) is 0 Å². The van der Waals surface area contributed by atoms with Gasteiger partial charge < -0.3 is 15.0 Å². The Kier molecular flexibility index (Phi) is 2.80. The molecule has 0 radical (unpaired) electrons. The number of rotatable bonds is 1. The van der Waals surface area contributed by atoms with Crippen molar-refractivity contribution in [1.29, 1.82) is 0 Å². The smallest absolute Gasteiger partial charge is 0.136 e. The molecule has 2 heterocycles. The number of H-pyrrole nitrogens is 1. The molecule has 1 saturated heterocycles. The zero-order valence-electron chi connectivity index (χ0n) is 9.63. The molecule has 1 atom stereocenters. The van der Waals surface area contributed by atoms with E-state index in [4.69, 9.17) is 4.74 Å². The Bertz CT molecular complexity index is 321. The lowest BCUT2D eigenvalue weighted by Crippen LogP contribution is -2.33. The number of nitrogens with one attached hydrogen (secondary N) is 2. The van der Waals surface area contributed by atoms with E-state index in [1.807, 2.05) is 6.20 Å². The van der Waals surface area contributed by atoms with Crippen molar-refractivity contribution in [2.75, 3.05) is 19.7 Å². The Labute approximate surface area is 90.4 Å². The molecule has 0 saturated carbocycles. The summed E-state index contributed by atoms with van der Waals surface area (Å²) in [6, 6.07) is 0. The van der Waals surface area contributed by atoms with Gasteiger partial charge in [0.25, 0.3) is 0 Å². The molecule has 1 fully saturated rings. The van der Waals surface area contributed by atoms with E-state index in [1.54, 1.807) is 0 Å². The molecule has 0 amide bonds. The van der Waals surface area contributed by atoms with Gasteiger partial charge in [-0.1, -0.05) is 20.8 Å². The van der Waals surface area contributed by atoms with Crippen LogP contribution in [-0.2, 0) is 10.2 Å². The van der Waals surface area contributed by atoms with Crippen molar-refractivity contribution >= 4 is 0 Å². The van der Waals surface area contributed by atoms with Crippen LogP contribution in [0, 0.1) is 0 Å². The number of ether oxygens (including phenoxy) is 1. The SMILES string of the molecule is CC(C)(C)c1cnc(C2CNCCO2)[nH]1. The first-order valence-electron chi connectivity index (χ1n) is 5.45. The summed E-state index contributed by atoms with van der Waals surface area (Å²) in [5.74, 6) is 0.937. The second-order valence-electron chi connectivity index (χ2n) is 5.00. The quantitative estimate of drug-likeness (QED) is 0.734. The van der Waals surface area contributed by atoms with Crippen LogP contribution in [0.25, 0.3) is 0 Å². The van der Waals surface area contributed by atoms with Crippen molar-refractivity contribution in [3.8, 4) is 0 Å². The van der Waals surface area contributed by atoms with Crippen molar-refractivity contribution in [3.63, 3.8) is 0 Å². The zero-order chi connectivity index (χ0) is 10.9. The molecule has 0 aliphatic carbocycles. The third-order valence-corrected chi connectivity index (χ3v) is 2.64. The molecule has 4 heteroatoms. The van der Waals surface area contributed by atoms with E-state index in [-0.39, 0.29) is 11.5 Å². The van der Waals surface area contributed by atoms with Crippen LogP contribution in [0.15, 0.2) is 6.20 Å². The van der Waals surface area contributed by atoms with Gasteiger partial charge in [-0.15, -0.1) is 0 Å². The number of morpholine rings is 1. The van der Waals surface area contributed by atoms with Gasteiger partial charge in [0.05, 0.1) is 6.61 Å². The summed E-state index contributed by atoms with van der Waals surface area (Å²) < 4.78 is 5.63. The summed E-state index contributed by atoms with van der Waals surface area (Å²) in [6.45, 7) is 9.05. The van der Waals surface area contributed by atoms with Gasteiger partial charge in [0.15, 0.2) is 0 Å². The third-order valence-electron chi connectivity index (χ3n) is 2.64. The monoisotopic (exact) mass is 209 g/mol. The maximum atomic E-state index is 5.63. The molecule has 0 bridgehead atoms. The first kappa shape index (κ1) is 10.6. The molecule has 84 valence electrons. The van der Waals surface area contributed by atoms with Crippen LogP contribution < -0.4 is 5.32 Å². The maximum absolute atomic E-state index is 5.63. The second kappa shape index (κ2) is 3.94. The summed E-state index contributed by atoms with van der Waals surface area (Å²) in [5, 5.41) is 3.30. The minimum absolute atomic E-state index is 0.0786. The highest BCUT2D eigenvalue weighted by molar-refractivity contribution is 5.12. The maximum Gasteiger partial charge on any atom is 0.136 e. The highest BCUT2D eigenvalue weighted by atomic mass is 16.5. The second-order valence-corrected chi connectivity index (χ2v) is 5.00. The predicted molar refractivity (Wildman–Crippen MR) is 58.9 cm³/mol. The van der Waals surface area contributed by atoms with Crippen molar-refractivity contribution < 1.29 is 4.74 Å². The molecule has 1 aromatic rings. The summed E-state index contributed by atoms with van der Waals surface area (Å²) in [5.41, 5.74) is 1.28. The number of hydrogen-bond acceptors (Lipinski definition) is 3. The molecule has 4 nitrogen and oxygen atoms in total. The van der Waals surface area contributed by atoms with Crippen molar-refractivity contribution in [3.05, 3.63) is 17.7 Å². The Morgan fingerprint density at radius 2 is 2.27 bits per heavy atom. The van der Waals surface area contributed by atoms with Gasteiger partial charge in [0.1, 0.15) is 11.9 Å². The lowest BCUT2D eigenvalue weighted by Gasteiger charge is -2.22. The highest BCUT2D eigenvalue weighted by Crippen LogP contribution is 2.23. The van der Waals surface area contributed by atoms with Crippen LogP contribution in [0.2, 0.25) is 0 Å². The Balaban J connectivity index is 2.12. The van der Waals surface area contributed by atoms with Gasteiger partial charge >= 0.3 is 0 Å². The summed E-state index contributed by atoms with van der Waals surface area (Å²) >= 11 is 0. The van der Waals surface area contributed by atoms with E-state index in [9.17, 15) is 0 Å². The molecule has 1 aromatic heterocycles. The molecule has 1 aliphatic heterocycles. The fraction of sp³-hybridized carbons (Fsp3) is 0.727. The van der Waals surface area contributed by atoms with Crippen LogP contribution in [-0.4, -0.2) is 29.7 Å². The summed E-state index contributed by atoms with van der Waals surface area (Å²) in [4.78, 5) is 7.73. The minimum atomic E-state index is 0.0786. The fourth-order valence-electron chi connectivity index (χ4n) is 1.62. The molecule has 15 heavy (non-hydrogen) atoms. The van der Waals surface area contributed by atoms with E-state index in [0.717, 1.165) is 31.2 Å². The molecule has 2 N–H and O–H groups in total. The molecular weight excluding hydrogens is 190 g/mol. The largest absolute Gasteiger partial charge is 0.368 e. The Hall–Kier alpha value is -0.870. The Morgan fingerprint density at radius 1 is 1.47 bits per heavy atom.